The third-order valence-corrected chi connectivity index (χ3v) is 6.07. The molecule has 1 aliphatic rings. The predicted octanol–water partition coefficient (Wildman–Crippen LogP) is 4.14. The van der Waals surface area contributed by atoms with Gasteiger partial charge in [0.05, 0.1) is 23.2 Å². The van der Waals surface area contributed by atoms with Gasteiger partial charge in [-0.3, -0.25) is 9.59 Å². The number of benzene rings is 2. The van der Waals surface area contributed by atoms with Gasteiger partial charge in [-0.25, -0.2) is 0 Å². The molecular formula is C24H27BrN2O4. The SMILES string of the molecule is COc1ccc(/C(O)=C2\C(=O)C(=O)N(CCCN(C)C)C2c2ccccc2C)cc1Br. The summed E-state index contributed by atoms with van der Waals surface area (Å²) >= 11 is 3.42. The molecule has 6 nitrogen and oxygen atoms in total. The van der Waals surface area contributed by atoms with Crippen molar-refractivity contribution in [2.75, 3.05) is 34.3 Å². The zero-order valence-corrected chi connectivity index (χ0v) is 19.8. The lowest BCUT2D eigenvalue weighted by Gasteiger charge is -2.27. The Labute approximate surface area is 191 Å². The Hall–Kier alpha value is -2.64. The Morgan fingerprint density at radius 1 is 1.19 bits per heavy atom. The van der Waals surface area contributed by atoms with E-state index in [0.29, 0.717) is 22.3 Å². The van der Waals surface area contributed by atoms with E-state index in [0.717, 1.165) is 24.1 Å². The van der Waals surface area contributed by atoms with Gasteiger partial charge in [0.2, 0.25) is 0 Å². The molecule has 3 rings (SSSR count). The number of aryl methyl sites for hydroxylation is 1. The van der Waals surface area contributed by atoms with Crippen molar-refractivity contribution in [2.24, 2.45) is 0 Å². The van der Waals surface area contributed by atoms with Crippen LogP contribution in [0.3, 0.4) is 0 Å². The molecule has 0 aromatic heterocycles. The maximum absolute atomic E-state index is 13.1. The third-order valence-electron chi connectivity index (χ3n) is 5.45. The first kappa shape index (κ1) is 23.0. The van der Waals surface area contributed by atoms with E-state index in [-0.39, 0.29) is 11.3 Å². The standard InChI is InChI=1S/C24H27BrN2O4/c1-15-8-5-6-9-17(15)21-20(22(28)16-10-11-19(31-4)18(25)14-16)23(29)24(30)27(21)13-7-12-26(2)3/h5-6,8-11,14,21,28H,7,12-13H2,1-4H3/b22-20+. The van der Waals surface area contributed by atoms with Crippen molar-refractivity contribution in [3.8, 4) is 5.75 Å². The van der Waals surface area contributed by atoms with Gasteiger partial charge in [-0.1, -0.05) is 24.3 Å². The van der Waals surface area contributed by atoms with Crippen LogP contribution in [0.2, 0.25) is 0 Å². The molecule has 2 aromatic rings. The number of hydrogen-bond donors (Lipinski definition) is 1. The Morgan fingerprint density at radius 2 is 1.90 bits per heavy atom. The number of nitrogens with zero attached hydrogens (tertiary/aromatic N) is 2. The maximum Gasteiger partial charge on any atom is 0.295 e. The molecule has 1 unspecified atom stereocenters. The number of methoxy groups -OCH3 is 1. The summed E-state index contributed by atoms with van der Waals surface area (Å²) in [7, 11) is 5.49. The van der Waals surface area contributed by atoms with Gasteiger partial charge in [0.15, 0.2) is 0 Å². The highest BCUT2D eigenvalue weighted by atomic mass is 79.9. The zero-order chi connectivity index (χ0) is 22.7. The number of aliphatic hydroxyl groups is 1. The van der Waals surface area contributed by atoms with Crippen LogP contribution in [0.1, 0.15) is 29.2 Å². The number of likely N-dealkylation sites (tertiary alicyclic amines) is 1. The first-order valence-corrected chi connectivity index (χ1v) is 10.9. The molecule has 0 saturated carbocycles. The molecule has 1 heterocycles. The van der Waals surface area contributed by atoms with Crippen molar-refractivity contribution in [3.63, 3.8) is 0 Å². The van der Waals surface area contributed by atoms with Crippen molar-refractivity contribution >= 4 is 33.4 Å². The first-order chi connectivity index (χ1) is 14.8. The fourth-order valence-corrected chi connectivity index (χ4v) is 4.39. The van der Waals surface area contributed by atoms with Crippen LogP contribution in [-0.4, -0.2) is 60.9 Å². The Balaban J connectivity index is 2.13. The lowest BCUT2D eigenvalue weighted by Crippen LogP contribution is -2.32. The topological polar surface area (TPSA) is 70.1 Å². The predicted molar refractivity (Wildman–Crippen MR) is 124 cm³/mol. The monoisotopic (exact) mass is 486 g/mol. The van der Waals surface area contributed by atoms with Crippen LogP contribution in [0.5, 0.6) is 5.75 Å². The highest BCUT2D eigenvalue weighted by Gasteiger charge is 2.46. The minimum atomic E-state index is -0.664. The fourth-order valence-electron chi connectivity index (χ4n) is 3.85. The molecule has 7 heteroatoms. The van der Waals surface area contributed by atoms with Gasteiger partial charge < -0.3 is 19.6 Å². The number of hydrogen-bond acceptors (Lipinski definition) is 5. The van der Waals surface area contributed by atoms with Crippen molar-refractivity contribution in [3.05, 3.63) is 69.2 Å². The van der Waals surface area contributed by atoms with E-state index < -0.39 is 17.7 Å². The molecule has 31 heavy (non-hydrogen) atoms. The molecule has 0 aliphatic carbocycles. The molecule has 1 atom stereocenters. The van der Waals surface area contributed by atoms with Crippen molar-refractivity contribution in [1.82, 2.24) is 9.80 Å². The average molecular weight is 487 g/mol. The average Bonchev–Trinajstić information content (AvgIpc) is 2.98. The van der Waals surface area contributed by atoms with Crippen LogP contribution in [0, 0.1) is 6.92 Å². The Morgan fingerprint density at radius 3 is 2.52 bits per heavy atom. The summed E-state index contributed by atoms with van der Waals surface area (Å²) in [6.45, 7) is 3.15. The van der Waals surface area contributed by atoms with E-state index in [9.17, 15) is 14.7 Å². The highest BCUT2D eigenvalue weighted by Crippen LogP contribution is 2.41. The summed E-state index contributed by atoms with van der Waals surface area (Å²) in [5.41, 5.74) is 2.34. The van der Waals surface area contributed by atoms with Crippen LogP contribution in [-0.2, 0) is 9.59 Å². The van der Waals surface area contributed by atoms with Crippen LogP contribution in [0.4, 0.5) is 0 Å². The molecule has 0 bridgehead atoms. The number of carbonyl (C=O) groups is 2. The number of Topliss-reactive ketones (excluding diaryl/α,β-unsaturated/α-hetero) is 1. The number of amides is 1. The van der Waals surface area contributed by atoms with Crippen LogP contribution in [0.15, 0.2) is 52.5 Å². The number of ether oxygens (including phenoxy) is 1. The Kier molecular flexibility index (Phi) is 7.18. The maximum atomic E-state index is 13.1. The number of aliphatic hydroxyl groups excluding tert-OH is 1. The molecule has 1 fully saturated rings. The van der Waals surface area contributed by atoms with Crippen molar-refractivity contribution < 1.29 is 19.4 Å². The molecular weight excluding hydrogens is 460 g/mol. The highest BCUT2D eigenvalue weighted by molar-refractivity contribution is 9.10. The summed E-state index contributed by atoms with van der Waals surface area (Å²) in [6, 6.07) is 12.1. The second-order valence-corrected chi connectivity index (χ2v) is 8.71. The molecule has 1 saturated heterocycles. The normalized spacial score (nSPS) is 18.1. The second-order valence-electron chi connectivity index (χ2n) is 7.86. The number of halogens is 1. The molecule has 1 amide bonds. The van der Waals surface area contributed by atoms with E-state index in [2.05, 4.69) is 15.9 Å². The summed E-state index contributed by atoms with van der Waals surface area (Å²) in [6.07, 6.45) is 0.719. The fraction of sp³-hybridized carbons (Fsp3) is 0.333. The van der Waals surface area contributed by atoms with Crippen molar-refractivity contribution in [2.45, 2.75) is 19.4 Å². The first-order valence-electron chi connectivity index (χ1n) is 10.1. The summed E-state index contributed by atoms with van der Waals surface area (Å²) < 4.78 is 5.90. The van der Waals surface area contributed by atoms with E-state index in [1.165, 1.54) is 0 Å². The van der Waals surface area contributed by atoms with Gasteiger partial charge in [-0.15, -0.1) is 0 Å². The largest absolute Gasteiger partial charge is 0.507 e. The van der Waals surface area contributed by atoms with Crippen molar-refractivity contribution in [1.29, 1.82) is 0 Å². The summed E-state index contributed by atoms with van der Waals surface area (Å²) in [4.78, 5) is 29.7. The molecule has 0 radical (unpaired) electrons. The molecule has 0 spiro atoms. The smallest absolute Gasteiger partial charge is 0.295 e. The Bertz CT molecular complexity index is 1030. The number of rotatable bonds is 7. The summed E-state index contributed by atoms with van der Waals surface area (Å²) in [5.74, 6) is -0.829. The van der Waals surface area contributed by atoms with E-state index in [1.807, 2.05) is 50.2 Å². The van der Waals surface area contributed by atoms with Gasteiger partial charge in [0.25, 0.3) is 11.7 Å². The molecule has 1 N–H and O–H groups in total. The van der Waals surface area contributed by atoms with Gasteiger partial charge in [-0.05, 0) is 79.2 Å². The van der Waals surface area contributed by atoms with E-state index in [1.54, 1.807) is 30.2 Å². The second kappa shape index (κ2) is 9.66. The zero-order valence-electron chi connectivity index (χ0n) is 18.2. The molecule has 164 valence electrons. The van der Waals surface area contributed by atoms with Gasteiger partial charge >= 0.3 is 0 Å². The van der Waals surface area contributed by atoms with E-state index in [4.69, 9.17) is 4.74 Å². The minimum Gasteiger partial charge on any atom is -0.507 e. The molecule has 2 aromatic carbocycles. The minimum absolute atomic E-state index is 0.112. The number of ketones is 1. The van der Waals surface area contributed by atoms with Gasteiger partial charge in [0.1, 0.15) is 11.5 Å². The lowest BCUT2D eigenvalue weighted by atomic mass is 9.92. The van der Waals surface area contributed by atoms with E-state index >= 15 is 0 Å². The third kappa shape index (κ3) is 4.67. The van der Waals surface area contributed by atoms with Crippen LogP contribution in [0.25, 0.3) is 5.76 Å². The van der Waals surface area contributed by atoms with Gasteiger partial charge in [0, 0.05) is 12.1 Å². The van der Waals surface area contributed by atoms with Gasteiger partial charge in [-0.2, -0.15) is 0 Å². The summed E-state index contributed by atoms with van der Waals surface area (Å²) in [5, 5.41) is 11.2. The quantitative estimate of drug-likeness (QED) is 0.361. The van der Waals surface area contributed by atoms with Crippen LogP contribution < -0.4 is 4.74 Å². The lowest BCUT2D eigenvalue weighted by molar-refractivity contribution is -0.139. The van der Waals surface area contributed by atoms with Crippen LogP contribution >= 0.6 is 15.9 Å². The number of carbonyl (C=O) groups excluding carboxylic acids is 2. The molecule has 1 aliphatic heterocycles.